The van der Waals surface area contributed by atoms with Gasteiger partial charge in [0.2, 0.25) is 5.91 Å². The molecule has 0 saturated heterocycles. The third kappa shape index (κ3) is 3.46. The van der Waals surface area contributed by atoms with E-state index in [0.717, 1.165) is 22.4 Å². The molecule has 2 rings (SSSR count). The van der Waals surface area contributed by atoms with Gasteiger partial charge in [-0.15, -0.1) is 0 Å². The molecule has 0 aliphatic carbocycles. The summed E-state index contributed by atoms with van der Waals surface area (Å²) < 4.78 is 4.81. The van der Waals surface area contributed by atoms with Crippen molar-refractivity contribution in [1.29, 1.82) is 0 Å². The number of carbonyl (C=O) groups excluding carboxylic acids is 2. The highest BCUT2D eigenvalue weighted by atomic mass is 35.5. The molecule has 0 atom stereocenters. The van der Waals surface area contributed by atoms with Gasteiger partial charge in [0.1, 0.15) is 0 Å². The number of benzene rings is 2. The molecule has 0 aromatic heterocycles. The molecule has 2 aromatic rings. The molecule has 1 N–H and O–H groups in total. The molecular formula is C17H16ClNO3. The van der Waals surface area contributed by atoms with Crippen molar-refractivity contribution >= 4 is 29.2 Å². The maximum Gasteiger partial charge on any atom is 0.338 e. The number of aryl methyl sites for hydroxylation is 1. The standard InChI is InChI=1S/C17H16ClNO3/c1-10-8-12(4-7-16(10)19-11(2)20)14-6-5-13(18)9-15(14)17(21)22-3/h4-9H,1-3H3,(H,19,20). The quantitative estimate of drug-likeness (QED) is 0.868. The number of hydrogen-bond donors (Lipinski definition) is 1. The number of hydrogen-bond acceptors (Lipinski definition) is 3. The number of amides is 1. The Morgan fingerprint density at radius 1 is 1.14 bits per heavy atom. The fourth-order valence-electron chi connectivity index (χ4n) is 2.21. The Kier molecular flexibility index (Phi) is 4.83. The molecule has 0 spiro atoms. The highest BCUT2D eigenvalue weighted by Crippen LogP contribution is 2.30. The molecular weight excluding hydrogens is 302 g/mol. The van der Waals surface area contributed by atoms with Crippen molar-refractivity contribution in [3.05, 3.63) is 52.5 Å². The van der Waals surface area contributed by atoms with Gasteiger partial charge in [-0.1, -0.05) is 23.7 Å². The summed E-state index contributed by atoms with van der Waals surface area (Å²) in [5.74, 6) is -0.571. The normalized spacial score (nSPS) is 10.2. The SMILES string of the molecule is COC(=O)c1cc(Cl)ccc1-c1ccc(NC(C)=O)c(C)c1. The Morgan fingerprint density at radius 2 is 1.86 bits per heavy atom. The fraction of sp³-hybridized carbons (Fsp3) is 0.176. The molecule has 0 unspecified atom stereocenters. The molecule has 22 heavy (non-hydrogen) atoms. The summed E-state index contributed by atoms with van der Waals surface area (Å²) in [6, 6.07) is 10.6. The van der Waals surface area contributed by atoms with E-state index in [1.54, 1.807) is 18.2 Å². The zero-order valence-electron chi connectivity index (χ0n) is 12.6. The van der Waals surface area contributed by atoms with Crippen molar-refractivity contribution in [2.45, 2.75) is 13.8 Å². The minimum absolute atomic E-state index is 0.127. The van der Waals surface area contributed by atoms with Crippen LogP contribution in [-0.2, 0) is 9.53 Å². The van der Waals surface area contributed by atoms with Crippen molar-refractivity contribution in [2.75, 3.05) is 12.4 Å². The Morgan fingerprint density at radius 3 is 2.45 bits per heavy atom. The summed E-state index contributed by atoms with van der Waals surface area (Å²) in [7, 11) is 1.33. The first-order valence-corrected chi connectivity index (χ1v) is 7.06. The summed E-state index contributed by atoms with van der Waals surface area (Å²) >= 11 is 5.96. The Bertz CT molecular complexity index is 741. The molecule has 5 heteroatoms. The number of esters is 1. The minimum Gasteiger partial charge on any atom is -0.465 e. The second-order valence-corrected chi connectivity index (χ2v) is 5.33. The van der Waals surface area contributed by atoms with Crippen molar-refractivity contribution in [3.8, 4) is 11.1 Å². The summed E-state index contributed by atoms with van der Waals surface area (Å²) in [6.07, 6.45) is 0. The first-order chi connectivity index (χ1) is 10.4. The molecule has 0 fully saturated rings. The van der Waals surface area contributed by atoms with Crippen LogP contribution in [0, 0.1) is 6.92 Å². The summed E-state index contributed by atoms with van der Waals surface area (Å²) in [5, 5.41) is 3.23. The van der Waals surface area contributed by atoms with E-state index >= 15 is 0 Å². The number of anilines is 1. The Balaban J connectivity index is 2.50. The van der Waals surface area contributed by atoms with Crippen LogP contribution in [0.2, 0.25) is 5.02 Å². The zero-order valence-corrected chi connectivity index (χ0v) is 13.3. The highest BCUT2D eigenvalue weighted by Gasteiger charge is 2.14. The van der Waals surface area contributed by atoms with Crippen LogP contribution in [0.25, 0.3) is 11.1 Å². The van der Waals surface area contributed by atoms with Crippen molar-refractivity contribution in [1.82, 2.24) is 0 Å². The van der Waals surface area contributed by atoms with Crippen LogP contribution in [0.1, 0.15) is 22.8 Å². The lowest BCUT2D eigenvalue weighted by atomic mass is 9.97. The van der Waals surface area contributed by atoms with Gasteiger partial charge in [0.05, 0.1) is 12.7 Å². The van der Waals surface area contributed by atoms with Gasteiger partial charge >= 0.3 is 5.97 Å². The van der Waals surface area contributed by atoms with Crippen molar-refractivity contribution in [3.63, 3.8) is 0 Å². The van der Waals surface area contributed by atoms with E-state index in [1.807, 2.05) is 25.1 Å². The monoisotopic (exact) mass is 317 g/mol. The van der Waals surface area contributed by atoms with Crippen LogP contribution in [0.5, 0.6) is 0 Å². The lowest BCUT2D eigenvalue weighted by Crippen LogP contribution is -2.07. The van der Waals surface area contributed by atoms with Crippen LogP contribution in [0.3, 0.4) is 0 Å². The van der Waals surface area contributed by atoms with Gasteiger partial charge in [-0.2, -0.15) is 0 Å². The lowest BCUT2D eigenvalue weighted by Gasteiger charge is -2.12. The van der Waals surface area contributed by atoms with Gasteiger partial charge < -0.3 is 10.1 Å². The largest absolute Gasteiger partial charge is 0.465 e. The number of carbonyl (C=O) groups is 2. The molecule has 2 aromatic carbocycles. The van der Waals surface area contributed by atoms with Crippen LogP contribution < -0.4 is 5.32 Å². The van der Waals surface area contributed by atoms with Gasteiger partial charge in [-0.3, -0.25) is 4.79 Å². The van der Waals surface area contributed by atoms with Gasteiger partial charge in [0.25, 0.3) is 0 Å². The third-order valence-electron chi connectivity index (χ3n) is 3.24. The first kappa shape index (κ1) is 16.0. The molecule has 0 heterocycles. The predicted molar refractivity (Wildman–Crippen MR) is 87.3 cm³/mol. The smallest absolute Gasteiger partial charge is 0.338 e. The van der Waals surface area contributed by atoms with Crippen LogP contribution in [0.15, 0.2) is 36.4 Å². The van der Waals surface area contributed by atoms with Gasteiger partial charge in [-0.25, -0.2) is 4.79 Å². The summed E-state index contributed by atoms with van der Waals surface area (Å²) in [5.41, 5.74) is 3.63. The maximum absolute atomic E-state index is 11.9. The van der Waals surface area contributed by atoms with E-state index in [4.69, 9.17) is 16.3 Å². The number of halogens is 1. The third-order valence-corrected chi connectivity index (χ3v) is 3.47. The maximum atomic E-state index is 11.9. The molecule has 0 saturated carbocycles. The molecule has 0 aliphatic heterocycles. The van der Waals surface area contributed by atoms with Crippen LogP contribution in [0.4, 0.5) is 5.69 Å². The van der Waals surface area contributed by atoms with Gasteiger partial charge in [0, 0.05) is 17.6 Å². The number of nitrogens with one attached hydrogen (secondary N) is 1. The second kappa shape index (κ2) is 6.62. The Labute approximate surface area is 134 Å². The van der Waals surface area contributed by atoms with E-state index in [1.165, 1.54) is 14.0 Å². The Hall–Kier alpha value is -2.33. The average molecular weight is 318 g/mol. The molecule has 0 bridgehead atoms. The topological polar surface area (TPSA) is 55.4 Å². The van der Waals surface area contributed by atoms with E-state index in [2.05, 4.69) is 5.32 Å². The van der Waals surface area contributed by atoms with Crippen molar-refractivity contribution in [2.24, 2.45) is 0 Å². The number of ether oxygens (including phenoxy) is 1. The molecule has 0 radical (unpaired) electrons. The second-order valence-electron chi connectivity index (χ2n) is 4.89. The summed E-state index contributed by atoms with van der Waals surface area (Å²) in [6.45, 7) is 3.35. The van der Waals surface area contributed by atoms with E-state index < -0.39 is 5.97 Å². The molecule has 1 amide bonds. The summed E-state index contributed by atoms with van der Waals surface area (Å²) in [4.78, 5) is 23.1. The van der Waals surface area contributed by atoms with E-state index in [0.29, 0.717) is 10.6 Å². The fourth-order valence-corrected chi connectivity index (χ4v) is 2.38. The minimum atomic E-state index is -0.443. The first-order valence-electron chi connectivity index (χ1n) is 6.69. The number of methoxy groups -OCH3 is 1. The van der Waals surface area contributed by atoms with E-state index in [-0.39, 0.29) is 5.91 Å². The van der Waals surface area contributed by atoms with Crippen LogP contribution in [-0.4, -0.2) is 19.0 Å². The highest BCUT2D eigenvalue weighted by molar-refractivity contribution is 6.31. The van der Waals surface area contributed by atoms with Gasteiger partial charge in [0.15, 0.2) is 0 Å². The lowest BCUT2D eigenvalue weighted by molar-refractivity contribution is -0.114. The molecule has 114 valence electrons. The van der Waals surface area contributed by atoms with Gasteiger partial charge in [-0.05, 0) is 47.9 Å². The predicted octanol–water partition coefficient (Wildman–Crippen LogP) is 4.06. The average Bonchev–Trinajstić information content (AvgIpc) is 2.48. The van der Waals surface area contributed by atoms with Crippen molar-refractivity contribution < 1.29 is 14.3 Å². The van der Waals surface area contributed by atoms with Crippen LogP contribution >= 0.6 is 11.6 Å². The molecule has 0 aliphatic rings. The zero-order chi connectivity index (χ0) is 16.3. The van der Waals surface area contributed by atoms with E-state index in [9.17, 15) is 9.59 Å². The number of rotatable bonds is 3. The molecule has 4 nitrogen and oxygen atoms in total.